The number of nitrogens with one attached hydrogen (secondary N) is 1. The highest BCUT2D eigenvalue weighted by Gasteiger charge is 2.41. The summed E-state index contributed by atoms with van der Waals surface area (Å²) in [6.07, 6.45) is 2.10. The molecular weight excluding hydrogens is 221 g/mol. The fourth-order valence-corrected chi connectivity index (χ4v) is 4.15. The lowest BCUT2D eigenvalue weighted by molar-refractivity contribution is 0.416. The molecule has 2 aliphatic rings. The molecule has 0 saturated carbocycles. The van der Waals surface area contributed by atoms with Crippen LogP contribution in [0.5, 0.6) is 0 Å². The Morgan fingerprint density at radius 2 is 2.38 bits per heavy atom. The van der Waals surface area contributed by atoms with E-state index in [0.29, 0.717) is 0 Å². The van der Waals surface area contributed by atoms with Crippen molar-refractivity contribution >= 4 is 11.8 Å². The standard InChI is InChI=1S/C13H16FNS/c1-9-7-15-13(16-8-9)5-4-10-6-11(14)2-3-12(10)13/h2-3,6,9,15H,4-5,7-8H2,1H3. The second kappa shape index (κ2) is 3.74. The van der Waals surface area contributed by atoms with E-state index in [-0.39, 0.29) is 10.7 Å². The van der Waals surface area contributed by atoms with E-state index < -0.39 is 0 Å². The molecule has 1 aromatic rings. The molecular formula is C13H16FNS. The first kappa shape index (κ1) is 10.6. The van der Waals surface area contributed by atoms with Gasteiger partial charge in [-0.1, -0.05) is 13.0 Å². The Bertz CT molecular complexity index is 410. The molecule has 1 heterocycles. The maximum Gasteiger partial charge on any atom is 0.123 e. The Hall–Kier alpha value is -0.540. The SMILES string of the molecule is CC1CNC2(CCc3cc(F)ccc32)SC1. The topological polar surface area (TPSA) is 12.0 Å². The van der Waals surface area contributed by atoms with Gasteiger partial charge in [0.2, 0.25) is 0 Å². The summed E-state index contributed by atoms with van der Waals surface area (Å²) in [5.74, 6) is 1.83. The lowest BCUT2D eigenvalue weighted by Gasteiger charge is -2.37. The van der Waals surface area contributed by atoms with E-state index in [0.717, 1.165) is 25.3 Å². The van der Waals surface area contributed by atoms with Crippen LogP contribution in [0, 0.1) is 11.7 Å². The third kappa shape index (κ3) is 1.57. The van der Waals surface area contributed by atoms with Crippen LogP contribution < -0.4 is 5.32 Å². The van der Waals surface area contributed by atoms with Crippen LogP contribution in [0.15, 0.2) is 18.2 Å². The second-order valence-corrected chi connectivity index (χ2v) is 6.24. The van der Waals surface area contributed by atoms with Crippen LogP contribution in [0.25, 0.3) is 0 Å². The van der Waals surface area contributed by atoms with Gasteiger partial charge in [0.1, 0.15) is 5.82 Å². The van der Waals surface area contributed by atoms with E-state index in [1.54, 1.807) is 12.1 Å². The van der Waals surface area contributed by atoms with E-state index in [1.807, 2.05) is 17.8 Å². The Labute approximate surface area is 99.8 Å². The van der Waals surface area contributed by atoms with Gasteiger partial charge in [0.25, 0.3) is 0 Å². The number of benzene rings is 1. The lowest BCUT2D eigenvalue weighted by Crippen LogP contribution is -2.44. The predicted octanol–water partition coefficient (Wildman–Crippen LogP) is 2.90. The monoisotopic (exact) mass is 237 g/mol. The molecule has 2 atom stereocenters. The minimum atomic E-state index is -0.107. The summed E-state index contributed by atoms with van der Waals surface area (Å²) in [4.78, 5) is 0.0789. The van der Waals surface area contributed by atoms with Crippen molar-refractivity contribution in [3.05, 3.63) is 35.1 Å². The number of thioether (sulfide) groups is 1. The van der Waals surface area contributed by atoms with Crippen molar-refractivity contribution in [3.8, 4) is 0 Å². The van der Waals surface area contributed by atoms with Gasteiger partial charge in [0.05, 0.1) is 4.87 Å². The largest absolute Gasteiger partial charge is 0.299 e. The molecule has 0 aromatic heterocycles. The molecule has 3 rings (SSSR count). The molecule has 0 radical (unpaired) electrons. The first-order valence-electron chi connectivity index (χ1n) is 5.87. The molecule has 3 heteroatoms. The quantitative estimate of drug-likeness (QED) is 0.744. The summed E-state index contributed by atoms with van der Waals surface area (Å²) >= 11 is 2.00. The first-order valence-corrected chi connectivity index (χ1v) is 6.86. The molecule has 0 amide bonds. The third-order valence-electron chi connectivity index (χ3n) is 3.60. The highest BCUT2D eigenvalue weighted by Crippen LogP contribution is 2.47. The average Bonchev–Trinajstić information content (AvgIpc) is 2.62. The van der Waals surface area contributed by atoms with Gasteiger partial charge in [0, 0.05) is 6.54 Å². The zero-order valence-electron chi connectivity index (χ0n) is 9.42. The van der Waals surface area contributed by atoms with Crippen LogP contribution in [0.3, 0.4) is 0 Å². The molecule has 1 aliphatic heterocycles. The minimum absolute atomic E-state index is 0.0789. The summed E-state index contributed by atoms with van der Waals surface area (Å²) in [7, 11) is 0. The average molecular weight is 237 g/mol. The van der Waals surface area contributed by atoms with Crippen molar-refractivity contribution in [2.24, 2.45) is 5.92 Å². The van der Waals surface area contributed by atoms with Gasteiger partial charge in [-0.25, -0.2) is 4.39 Å². The van der Waals surface area contributed by atoms with Gasteiger partial charge < -0.3 is 0 Å². The molecule has 2 unspecified atom stereocenters. The molecule has 86 valence electrons. The van der Waals surface area contributed by atoms with Crippen molar-refractivity contribution in [2.45, 2.75) is 24.6 Å². The van der Waals surface area contributed by atoms with Crippen LogP contribution in [0.2, 0.25) is 0 Å². The van der Waals surface area contributed by atoms with Gasteiger partial charge in [-0.2, -0.15) is 0 Å². The first-order chi connectivity index (χ1) is 7.70. The maximum absolute atomic E-state index is 13.2. The van der Waals surface area contributed by atoms with E-state index >= 15 is 0 Å². The Kier molecular flexibility index (Phi) is 2.48. The van der Waals surface area contributed by atoms with E-state index in [9.17, 15) is 4.39 Å². The number of hydrogen-bond donors (Lipinski definition) is 1. The molecule has 0 bridgehead atoms. The van der Waals surface area contributed by atoms with Crippen molar-refractivity contribution in [1.82, 2.24) is 5.32 Å². The molecule has 1 spiro atoms. The van der Waals surface area contributed by atoms with Crippen LogP contribution in [-0.2, 0) is 11.3 Å². The van der Waals surface area contributed by atoms with Crippen molar-refractivity contribution in [1.29, 1.82) is 0 Å². The highest BCUT2D eigenvalue weighted by molar-refractivity contribution is 8.00. The van der Waals surface area contributed by atoms with Crippen LogP contribution >= 0.6 is 11.8 Å². The Morgan fingerprint density at radius 1 is 1.50 bits per heavy atom. The molecule has 1 fully saturated rings. The number of rotatable bonds is 0. The summed E-state index contributed by atoms with van der Waals surface area (Å²) in [6, 6.07) is 5.25. The van der Waals surface area contributed by atoms with Crippen molar-refractivity contribution in [3.63, 3.8) is 0 Å². The van der Waals surface area contributed by atoms with Gasteiger partial charge in [-0.15, -0.1) is 11.8 Å². The van der Waals surface area contributed by atoms with Crippen LogP contribution in [0.4, 0.5) is 4.39 Å². The van der Waals surface area contributed by atoms with E-state index in [4.69, 9.17) is 0 Å². The zero-order chi connectivity index (χ0) is 11.2. The molecule has 1 aromatic carbocycles. The summed E-state index contributed by atoms with van der Waals surface area (Å²) < 4.78 is 13.2. The smallest absolute Gasteiger partial charge is 0.123 e. The third-order valence-corrected chi connectivity index (χ3v) is 5.40. The number of hydrogen-bond acceptors (Lipinski definition) is 2. The normalized spacial score (nSPS) is 33.0. The highest BCUT2D eigenvalue weighted by atomic mass is 32.2. The predicted molar refractivity (Wildman–Crippen MR) is 66.0 cm³/mol. The van der Waals surface area contributed by atoms with E-state index in [2.05, 4.69) is 12.2 Å². The number of fused-ring (bicyclic) bond motifs is 2. The van der Waals surface area contributed by atoms with Crippen molar-refractivity contribution in [2.75, 3.05) is 12.3 Å². The molecule has 1 aliphatic carbocycles. The van der Waals surface area contributed by atoms with Crippen LogP contribution in [0.1, 0.15) is 24.5 Å². The minimum Gasteiger partial charge on any atom is -0.299 e. The second-order valence-electron chi connectivity index (χ2n) is 4.93. The summed E-state index contributed by atoms with van der Waals surface area (Å²) in [5, 5.41) is 3.66. The van der Waals surface area contributed by atoms with Gasteiger partial charge in [0.15, 0.2) is 0 Å². The number of halogens is 1. The lowest BCUT2D eigenvalue weighted by atomic mass is 10.1. The summed E-state index contributed by atoms with van der Waals surface area (Å²) in [5.41, 5.74) is 2.50. The van der Waals surface area contributed by atoms with Gasteiger partial charge in [-0.05, 0) is 47.8 Å². The maximum atomic E-state index is 13.2. The molecule has 1 nitrogen and oxygen atoms in total. The fourth-order valence-electron chi connectivity index (χ4n) is 2.68. The molecule has 1 N–H and O–H groups in total. The molecule has 16 heavy (non-hydrogen) atoms. The zero-order valence-corrected chi connectivity index (χ0v) is 10.2. The van der Waals surface area contributed by atoms with Gasteiger partial charge >= 0.3 is 0 Å². The Balaban J connectivity index is 1.96. The summed E-state index contributed by atoms with van der Waals surface area (Å²) in [6.45, 7) is 3.34. The van der Waals surface area contributed by atoms with Crippen LogP contribution in [-0.4, -0.2) is 12.3 Å². The fraction of sp³-hybridized carbons (Fsp3) is 0.538. The molecule has 1 saturated heterocycles. The van der Waals surface area contributed by atoms with Crippen molar-refractivity contribution < 1.29 is 4.39 Å². The van der Waals surface area contributed by atoms with E-state index in [1.165, 1.54) is 16.9 Å². The van der Waals surface area contributed by atoms with Gasteiger partial charge in [-0.3, -0.25) is 5.32 Å². The Morgan fingerprint density at radius 3 is 3.12 bits per heavy atom. The number of aryl methyl sites for hydroxylation is 1.